The largest absolute Gasteiger partial charge is 0.346 e. The molecule has 0 bridgehead atoms. The number of nitrogens with zero attached hydrogens (tertiary/aromatic N) is 4. The lowest BCUT2D eigenvalue weighted by molar-refractivity contribution is 0.896. The third-order valence-electron chi connectivity index (χ3n) is 2.96. The lowest BCUT2D eigenvalue weighted by Crippen LogP contribution is -2.00. The van der Waals surface area contributed by atoms with Crippen molar-refractivity contribution in [2.75, 3.05) is 5.32 Å². The lowest BCUT2D eigenvalue weighted by Gasteiger charge is -2.14. The van der Waals surface area contributed by atoms with Gasteiger partial charge in [-0.25, -0.2) is 4.99 Å². The van der Waals surface area contributed by atoms with Gasteiger partial charge in [0.15, 0.2) is 0 Å². The Morgan fingerprint density at radius 1 is 1.18 bits per heavy atom. The van der Waals surface area contributed by atoms with Crippen LogP contribution in [0.1, 0.15) is 0 Å². The zero-order valence-corrected chi connectivity index (χ0v) is 8.75. The summed E-state index contributed by atoms with van der Waals surface area (Å²) in [7, 11) is 0. The van der Waals surface area contributed by atoms with E-state index in [1.54, 1.807) is 12.5 Å². The average molecular weight is 221 g/mol. The van der Waals surface area contributed by atoms with Gasteiger partial charge in [-0.05, 0) is 22.7 Å². The topological polar surface area (TPSA) is 63.1 Å². The molecule has 0 saturated heterocycles. The molecule has 5 nitrogen and oxygen atoms in total. The summed E-state index contributed by atoms with van der Waals surface area (Å²) < 4.78 is 0. The van der Waals surface area contributed by atoms with Gasteiger partial charge in [-0.1, -0.05) is 12.1 Å². The van der Waals surface area contributed by atoms with Crippen molar-refractivity contribution in [3.8, 4) is 0 Å². The normalized spacial score (nSPS) is 12.9. The minimum atomic E-state index is 0.818. The molecule has 0 aliphatic carbocycles. The summed E-state index contributed by atoms with van der Waals surface area (Å²) >= 11 is 0. The SMILES string of the molecule is C1=Nc2c3cnnnc3cc3cccc(c23)N1. The van der Waals surface area contributed by atoms with E-state index in [1.807, 2.05) is 24.3 Å². The van der Waals surface area contributed by atoms with E-state index in [2.05, 4.69) is 25.7 Å². The van der Waals surface area contributed by atoms with Gasteiger partial charge in [0.05, 0.1) is 23.7 Å². The first kappa shape index (κ1) is 8.58. The molecule has 0 radical (unpaired) electrons. The molecule has 5 heteroatoms. The summed E-state index contributed by atoms with van der Waals surface area (Å²) in [5, 5.41) is 17.8. The Morgan fingerprint density at radius 3 is 3.18 bits per heavy atom. The molecule has 3 aromatic rings. The van der Waals surface area contributed by atoms with E-state index < -0.39 is 0 Å². The molecule has 0 unspecified atom stereocenters. The maximum Gasteiger partial charge on any atom is 0.0991 e. The van der Waals surface area contributed by atoms with E-state index in [4.69, 9.17) is 0 Å². The summed E-state index contributed by atoms with van der Waals surface area (Å²) in [6, 6.07) is 8.10. The van der Waals surface area contributed by atoms with Gasteiger partial charge in [0.1, 0.15) is 0 Å². The molecule has 17 heavy (non-hydrogen) atoms. The molecule has 0 amide bonds. The van der Waals surface area contributed by atoms with Crippen molar-refractivity contribution in [3.63, 3.8) is 0 Å². The van der Waals surface area contributed by atoms with Gasteiger partial charge in [-0.15, -0.1) is 10.2 Å². The standard InChI is InChI=1S/C12H7N5/c1-2-7-4-10-8(5-15-17-16-10)12-11(7)9(3-1)13-6-14-12/h1-6H,(H,13,14). The molecule has 1 N–H and O–H groups in total. The predicted molar refractivity (Wildman–Crippen MR) is 66.6 cm³/mol. The van der Waals surface area contributed by atoms with Gasteiger partial charge < -0.3 is 5.32 Å². The summed E-state index contributed by atoms with van der Waals surface area (Å²) in [5.74, 6) is 0. The van der Waals surface area contributed by atoms with Crippen LogP contribution in [0.25, 0.3) is 21.7 Å². The van der Waals surface area contributed by atoms with Crippen LogP contribution >= 0.6 is 0 Å². The van der Waals surface area contributed by atoms with Crippen LogP contribution in [0.3, 0.4) is 0 Å². The zero-order valence-electron chi connectivity index (χ0n) is 8.75. The molecule has 2 heterocycles. The zero-order chi connectivity index (χ0) is 11.2. The number of aromatic nitrogens is 3. The van der Waals surface area contributed by atoms with E-state index in [-0.39, 0.29) is 0 Å². The maximum absolute atomic E-state index is 4.40. The van der Waals surface area contributed by atoms with Crippen molar-refractivity contribution in [3.05, 3.63) is 30.5 Å². The molecule has 0 fully saturated rings. The fraction of sp³-hybridized carbons (Fsp3) is 0. The number of hydrogen-bond acceptors (Lipinski definition) is 5. The summed E-state index contributed by atoms with van der Waals surface area (Å²) in [6.45, 7) is 0. The van der Waals surface area contributed by atoms with Crippen LogP contribution in [0, 0.1) is 0 Å². The van der Waals surface area contributed by atoms with Gasteiger partial charge in [-0.3, -0.25) is 0 Å². The fourth-order valence-corrected chi connectivity index (χ4v) is 2.22. The number of benzene rings is 2. The summed E-state index contributed by atoms with van der Waals surface area (Å²) in [6.07, 6.45) is 3.40. The molecule has 1 aliphatic rings. The van der Waals surface area contributed by atoms with E-state index >= 15 is 0 Å². The number of hydrogen-bond donors (Lipinski definition) is 1. The van der Waals surface area contributed by atoms with Crippen LogP contribution < -0.4 is 5.32 Å². The molecule has 80 valence electrons. The van der Waals surface area contributed by atoms with Crippen molar-refractivity contribution in [2.24, 2.45) is 4.99 Å². The first-order chi connectivity index (χ1) is 8.43. The molecule has 4 rings (SSSR count). The smallest absolute Gasteiger partial charge is 0.0991 e. The van der Waals surface area contributed by atoms with Gasteiger partial charge >= 0.3 is 0 Å². The third-order valence-corrected chi connectivity index (χ3v) is 2.96. The van der Waals surface area contributed by atoms with Crippen LogP contribution in [0.4, 0.5) is 11.4 Å². The summed E-state index contributed by atoms with van der Waals surface area (Å²) in [4.78, 5) is 4.40. The van der Waals surface area contributed by atoms with E-state index in [1.165, 1.54) is 0 Å². The Morgan fingerprint density at radius 2 is 2.18 bits per heavy atom. The van der Waals surface area contributed by atoms with Crippen molar-refractivity contribution in [1.82, 2.24) is 15.4 Å². The third kappa shape index (κ3) is 1.08. The quantitative estimate of drug-likeness (QED) is 0.591. The molecule has 0 spiro atoms. The Balaban J connectivity index is 2.34. The fourth-order valence-electron chi connectivity index (χ4n) is 2.22. The van der Waals surface area contributed by atoms with Crippen LogP contribution in [0.15, 0.2) is 35.5 Å². The lowest BCUT2D eigenvalue weighted by atomic mass is 10.0. The first-order valence-electron chi connectivity index (χ1n) is 5.26. The minimum Gasteiger partial charge on any atom is -0.346 e. The van der Waals surface area contributed by atoms with Gasteiger partial charge in [0, 0.05) is 16.5 Å². The van der Waals surface area contributed by atoms with Crippen LogP contribution in [0.5, 0.6) is 0 Å². The van der Waals surface area contributed by atoms with E-state index in [0.29, 0.717) is 0 Å². The molecule has 2 aromatic carbocycles. The number of nitrogens with one attached hydrogen (secondary N) is 1. The van der Waals surface area contributed by atoms with Crippen molar-refractivity contribution in [1.29, 1.82) is 0 Å². The Bertz CT molecular complexity index is 778. The molecule has 0 atom stereocenters. The van der Waals surface area contributed by atoms with Crippen LogP contribution in [0.2, 0.25) is 0 Å². The van der Waals surface area contributed by atoms with E-state index in [9.17, 15) is 0 Å². The van der Waals surface area contributed by atoms with E-state index in [0.717, 1.165) is 33.1 Å². The number of fused-ring (bicyclic) bond motifs is 2. The van der Waals surface area contributed by atoms with Crippen LogP contribution in [-0.4, -0.2) is 21.7 Å². The Labute approximate surface area is 96.2 Å². The second kappa shape index (κ2) is 2.98. The van der Waals surface area contributed by atoms with Gasteiger partial charge in [0.2, 0.25) is 0 Å². The molecule has 1 aromatic heterocycles. The highest BCUT2D eigenvalue weighted by Gasteiger charge is 2.13. The predicted octanol–water partition coefficient (Wildman–Crippen LogP) is 2.26. The molecular formula is C12H7N5. The number of anilines is 1. The Kier molecular flexibility index (Phi) is 1.50. The van der Waals surface area contributed by atoms with Gasteiger partial charge in [0.25, 0.3) is 0 Å². The first-order valence-corrected chi connectivity index (χ1v) is 5.26. The van der Waals surface area contributed by atoms with Gasteiger partial charge in [-0.2, -0.15) is 0 Å². The monoisotopic (exact) mass is 221 g/mol. The molecular weight excluding hydrogens is 214 g/mol. The average Bonchev–Trinajstić information content (AvgIpc) is 2.39. The van der Waals surface area contributed by atoms with Crippen molar-refractivity contribution >= 4 is 39.4 Å². The number of rotatable bonds is 0. The highest BCUT2D eigenvalue weighted by molar-refractivity contribution is 6.17. The highest BCUT2D eigenvalue weighted by atomic mass is 15.3. The second-order valence-corrected chi connectivity index (χ2v) is 3.90. The molecule has 1 aliphatic heterocycles. The van der Waals surface area contributed by atoms with Crippen molar-refractivity contribution in [2.45, 2.75) is 0 Å². The molecule has 0 saturated carbocycles. The van der Waals surface area contributed by atoms with Crippen molar-refractivity contribution < 1.29 is 0 Å². The minimum absolute atomic E-state index is 0.818. The van der Waals surface area contributed by atoms with Crippen LogP contribution in [-0.2, 0) is 0 Å². The maximum atomic E-state index is 4.40. The Hall–Kier alpha value is -2.56. The summed E-state index contributed by atoms with van der Waals surface area (Å²) in [5.41, 5.74) is 2.79. The number of aliphatic imine (C=N–C) groups is 1. The second-order valence-electron chi connectivity index (χ2n) is 3.90. The highest BCUT2D eigenvalue weighted by Crippen LogP contribution is 2.39.